The van der Waals surface area contributed by atoms with E-state index in [1.165, 1.54) is 0 Å². The van der Waals surface area contributed by atoms with Crippen LogP contribution in [0, 0.1) is 5.92 Å². The maximum atomic E-state index is 12.7. The van der Waals surface area contributed by atoms with Gasteiger partial charge in [0.2, 0.25) is 5.91 Å². The zero-order valence-electron chi connectivity index (χ0n) is 17.7. The average molecular weight is 400 g/mol. The fourth-order valence-electron chi connectivity index (χ4n) is 4.82. The zero-order chi connectivity index (χ0) is 20.4. The molecule has 2 atom stereocenters. The molecule has 3 fully saturated rings. The highest BCUT2D eigenvalue weighted by Gasteiger charge is 2.40. The number of likely N-dealkylation sites (tertiary alicyclic amines) is 1. The highest BCUT2D eigenvalue weighted by Crippen LogP contribution is 2.29. The third-order valence-corrected chi connectivity index (χ3v) is 6.84. The summed E-state index contributed by atoms with van der Waals surface area (Å²) in [6, 6.07) is 8.13. The number of para-hydroxylation sites is 1. The van der Waals surface area contributed by atoms with Crippen LogP contribution in [0.5, 0.6) is 5.75 Å². The molecule has 0 aromatic heterocycles. The van der Waals surface area contributed by atoms with E-state index >= 15 is 0 Å². The van der Waals surface area contributed by atoms with Gasteiger partial charge in [-0.2, -0.15) is 0 Å². The van der Waals surface area contributed by atoms with E-state index in [2.05, 4.69) is 16.7 Å². The lowest BCUT2D eigenvalue weighted by Crippen LogP contribution is -2.58. The minimum atomic E-state index is -0.116. The van der Waals surface area contributed by atoms with Crippen molar-refractivity contribution in [1.29, 1.82) is 0 Å². The fourth-order valence-corrected chi connectivity index (χ4v) is 4.82. The Bertz CT molecular complexity index is 745. The van der Waals surface area contributed by atoms with Crippen molar-refractivity contribution in [1.82, 2.24) is 14.7 Å². The summed E-state index contributed by atoms with van der Waals surface area (Å²) in [5.74, 6) is 1.76. The first-order valence-electron chi connectivity index (χ1n) is 11.1. The van der Waals surface area contributed by atoms with Crippen LogP contribution in [-0.4, -0.2) is 71.4 Å². The Morgan fingerprint density at radius 3 is 2.66 bits per heavy atom. The SMILES string of the molecule is CC1CCN(C(=O)COc2ccccc2CN2C[C@H]3CCCN3C(=O)[C@H]2C)CC1. The van der Waals surface area contributed by atoms with Crippen molar-refractivity contribution in [2.75, 3.05) is 32.8 Å². The molecule has 29 heavy (non-hydrogen) atoms. The van der Waals surface area contributed by atoms with Gasteiger partial charge in [0.25, 0.3) is 5.91 Å². The Morgan fingerprint density at radius 2 is 1.86 bits per heavy atom. The first-order chi connectivity index (χ1) is 14.0. The molecule has 1 aromatic carbocycles. The molecule has 3 aliphatic heterocycles. The van der Waals surface area contributed by atoms with E-state index in [1.807, 2.05) is 36.1 Å². The van der Waals surface area contributed by atoms with Gasteiger partial charge in [-0.1, -0.05) is 25.1 Å². The number of carbonyl (C=O) groups excluding carboxylic acids is 2. The zero-order valence-corrected chi connectivity index (χ0v) is 17.7. The molecule has 0 bridgehead atoms. The Balaban J connectivity index is 1.38. The van der Waals surface area contributed by atoms with Gasteiger partial charge in [0, 0.05) is 44.3 Å². The number of piperazine rings is 1. The molecule has 0 aliphatic carbocycles. The molecule has 0 saturated carbocycles. The number of nitrogens with zero attached hydrogens (tertiary/aromatic N) is 3. The van der Waals surface area contributed by atoms with E-state index in [9.17, 15) is 9.59 Å². The molecule has 158 valence electrons. The van der Waals surface area contributed by atoms with Crippen LogP contribution >= 0.6 is 0 Å². The number of rotatable bonds is 5. The lowest BCUT2D eigenvalue weighted by atomic mass is 9.99. The van der Waals surface area contributed by atoms with Gasteiger partial charge in [0.05, 0.1) is 6.04 Å². The number of fused-ring (bicyclic) bond motifs is 1. The smallest absolute Gasteiger partial charge is 0.260 e. The minimum absolute atomic E-state index is 0.0646. The van der Waals surface area contributed by atoms with Crippen LogP contribution in [0.2, 0.25) is 0 Å². The van der Waals surface area contributed by atoms with Gasteiger partial charge in [-0.05, 0) is 44.6 Å². The van der Waals surface area contributed by atoms with Gasteiger partial charge in [-0.25, -0.2) is 0 Å². The molecule has 3 saturated heterocycles. The Labute approximate surface area is 173 Å². The molecule has 1 aromatic rings. The standard InChI is InChI=1S/C23H33N3O3/c1-17-9-12-24(13-10-17)22(27)16-29-21-8-4-3-6-19(21)14-25-15-20-7-5-11-26(20)23(28)18(25)2/h3-4,6,8,17-18,20H,5,7,9-16H2,1-2H3/t18-,20-/m1/s1. The average Bonchev–Trinajstić information content (AvgIpc) is 3.20. The van der Waals surface area contributed by atoms with Crippen molar-refractivity contribution in [3.63, 3.8) is 0 Å². The molecule has 4 rings (SSSR count). The third kappa shape index (κ3) is 4.42. The van der Waals surface area contributed by atoms with Gasteiger partial charge in [-0.15, -0.1) is 0 Å². The summed E-state index contributed by atoms with van der Waals surface area (Å²) in [6.07, 6.45) is 4.34. The molecule has 6 nitrogen and oxygen atoms in total. The van der Waals surface area contributed by atoms with E-state index in [1.54, 1.807) is 0 Å². The molecular weight excluding hydrogens is 366 g/mol. The maximum Gasteiger partial charge on any atom is 0.260 e. The highest BCUT2D eigenvalue weighted by atomic mass is 16.5. The molecule has 0 spiro atoms. The number of piperidine rings is 1. The molecule has 2 amide bonds. The normalized spacial score (nSPS) is 25.9. The fraction of sp³-hybridized carbons (Fsp3) is 0.652. The molecule has 0 radical (unpaired) electrons. The van der Waals surface area contributed by atoms with E-state index < -0.39 is 0 Å². The van der Waals surface area contributed by atoms with Crippen molar-refractivity contribution in [2.45, 2.75) is 58.2 Å². The van der Waals surface area contributed by atoms with Gasteiger partial charge >= 0.3 is 0 Å². The Hall–Kier alpha value is -2.08. The van der Waals surface area contributed by atoms with Crippen LogP contribution in [0.3, 0.4) is 0 Å². The lowest BCUT2D eigenvalue weighted by Gasteiger charge is -2.41. The van der Waals surface area contributed by atoms with Gasteiger partial charge < -0.3 is 14.5 Å². The first kappa shape index (κ1) is 20.2. The van der Waals surface area contributed by atoms with E-state index in [0.717, 1.165) is 63.2 Å². The monoisotopic (exact) mass is 399 g/mol. The number of ether oxygens (including phenoxy) is 1. The molecule has 0 unspecified atom stereocenters. The number of amides is 2. The van der Waals surface area contributed by atoms with Crippen LogP contribution < -0.4 is 4.74 Å². The van der Waals surface area contributed by atoms with Crippen molar-refractivity contribution < 1.29 is 14.3 Å². The van der Waals surface area contributed by atoms with E-state index in [4.69, 9.17) is 4.74 Å². The van der Waals surface area contributed by atoms with Gasteiger partial charge in [-0.3, -0.25) is 14.5 Å². The molecule has 6 heteroatoms. The highest BCUT2D eigenvalue weighted by molar-refractivity contribution is 5.83. The Kier molecular flexibility index (Phi) is 6.09. The third-order valence-electron chi connectivity index (χ3n) is 6.84. The summed E-state index contributed by atoms with van der Waals surface area (Å²) in [5.41, 5.74) is 1.04. The molecule has 3 aliphatic rings. The van der Waals surface area contributed by atoms with Crippen LogP contribution in [0.4, 0.5) is 0 Å². The Morgan fingerprint density at radius 1 is 1.10 bits per heavy atom. The minimum Gasteiger partial charge on any atom is -0.483 e. The van der Waals surface area contributed by atoms with Crippen LogP contribution in [-0.2, 0) is 16.1 Å². The predicted octanol–water partition coefficient (Wildman–Crippen LogP) is 2.52. The van der Waals surface area contributed by atoms with Crippen molar-refractivity contribution in [3.8, 4) is 5.75 Å². The van der Waals surface area contributed by atoms with Crippen molar-refractivity contribution in [2.24, 2.45) is 5.92 Å². The summed E-state index contributed by atoms with van der Waals surface area (Å²) in [6.45, 7) is 8.46. The van der Waals surface area contributed by atoms with Gasteiger partial charge in [0.15, 0.2) is 6.61 Å². The van der Waals surface area contributed by atoms with Crippen molar-refractivity contribution in [3.05, 3.63) is 29.8 Å². The summed E-state index contributed by atoms with van der Waals surface area (Å²) < 4.78 is 5.96. The largest absolute Gasteiger partial charge is 0.483 e. The van der Waals surface area contributed by atoms with E-state index in [-0.39, 0.29) is 24.5 Å². The van der Waals surface area contributed by atoms with Gasteiger partial charge in [0.1, 0.15) is 5.75 Å². The van der Waals surface area contributed by atoms with Crippen LogP contribution in [0.15, 0.2) is 24.3 Å². The summed E-state index contributed by atoms with van der Waals surface area (Å²) in [5, 5.41) is 0. The van der Waals surface area contributed by atoms with E-state index in [0.29, 0.717) is 18.5 Å². The quantitative estimate of drug-likeness (QED) is 0.764. The molecular formula is C23H33N3O3. The maximum absolute atomic E-state index is 12.7. The number of hydrogen-bond donors (Lipinski definition) is 0. The summed E-state index contributed by atoms with van der Waals surface area (Å²) in [7, 11) is 0. The van der Waals surface area contributed by atoms with Crippen LogP contribution in [0.1, 0.15) is 45.1 Å². The second-order valence-electron chi connectivity index (χ2n) is 8.89. The lowest BCUT2D eigenvalue weighted by molar-refractivity contribution is -0.143. The number of benzene rings is 1. The number of carbonyl (C=O) groups is 2. The second-order valence-corrected chi connectivity index (χ2v) is 8.89. The number of hydrogen-bond acceptors (Lipinski definition) is 4. The predicted molar refractivity (Wildman–Crippen MR) is 112 cm³/mol. The molecule has 3 heterocycles. The molecule has 0 N–H and O–H groups in total. The van der Waals surface area contributed by atoms with Crippen molar-refractivity contribution >= 4 is 11.8 Å². The second kappa shape index (κ2) is 8.74. The summed E-state index contributed by atoms with van der Waals surface area (Å²) in [4.78, 5) is 31.5. The topological polar surface area (TPSA) is 53.1 Å². The summed E-state index contributed by atoms with van der Waals surface area (Å²) >= 11 is 0. The van der Waals surface area contributed by atoms with Crippen LogP contribution in [0.25, 0.3) is 0 Å². The first-order valence-corrected chi connectivity index (χ1v) is 11.1.